The van der Waals surface area contributed by atoms with Gasteiger partial charge in [-0.1, -0.05) is 34.1 Å². The van der Waals surface area contributed by atoms with Gasteiger partial charge in [0, 0.05) is 18.1 Å². The lowest BCUT2D eigenvalue weighted by molar-refractivity contribution is -0.0505. The van der Waals surface area contributed by atoms with Crippen molar-refractivity contribution < 1.29 is 0 Å². The van der Waals surface area contributed by atoms with Gasteiger partial charge in [0.25, 0.3) is 0 Å². The predicted molar refractivity (Wildman–Crippen MR) is 83.2 cm³/mol. The van der Waals surface area contributed by atoms with Crippen molar-refractivity contribution >= 4 is 0 Å². The van der Waals surface area contributed by atoms with Gasteiger partial charge in [0.15, 0.2) is 0 Å². The van der Waals surface area contributed by atoms with Crippen molar-refractivity contribution in [3.63, 3.8) is 0 Å². The van der Waals surface area contributed by atoms with Crippen LogP contribution in [-0.2, 0) is 0 Å². The number of nitrogens with two attached hydrogens (primary N) is 1. The highest BCUT2D eigenvalue weighted by molar-refractivity contribution is 5.03. The summed E-state index contributed by atoms with van der Waals surface area (Å²) in [4.78, 5) is 2.83. The first kappa shape index (κ1) is 15.3. The lowest BCUT2D eigenvalue weighted by Crippen LogP contribution is -2.63. The molecule has 2 N–H and O–H groups in total. The van der Waals surface area contributed by atoms with Crippen molar-refractivity contribution in [1.82, 2.24) is 4.90 Å². The molecule has 2 fully saturated rings. The van der Waals surface area contributed by atoms with Crippen LogP contribution >= 0.6 is 0 Å². The second-order valence-electron chi connectivity index (χ2n) is 8.03. The smallest absolute Gasteiger partial charge is 0.0342 e. The maximum absolute atomic E-state index is 6.33. The fourth-order valence-corrected chi connectivity index (χ4v) is 5.24. The molecule has 3 atom stereocenters. The normalized spacial score (nSPS) is 40.3. The number of piperidine rings is 1. The fraction of sp³-hybridized carbons (Fsp3) is 1.00. The van der Waals surface area contributed by atoms with Gasteiger partial charge in [-0.15, -0.1) is 0 Å². The van der Waals surface area contributed by atoms with E-state index in [4.69, 9.17) is 5.73 Å². The number of hydrogen-bond acceptors (Lipinski definition) is 2. The van der Waals surface area contributed by atoms with E-state index in [-0.39, 0.29) is 5.54 Å². The van der Waals surface area contributed by atoms with Gasteiger partial charge in [0.2, 0.25) is 0 Å². The molecule has 19 heavy (non-hydrogen) atoms. The lowest BCUT2D eigenvalue weighted by Gasteiger charge is -2.56. The van der Waals surface area contributed by atoms with Gasteiger partial charge < -0.3 is 5.73 Å². The monoisotopic (exact) mass is 266 g/mol. The minimum atomic E-state index is 0.280. The second-order valence-corrected chi connectivity index (χ2v) is 8.03. The molecule has 3 unspecified atom stereocenters. The molecule has 2 nitrogen and oxygen atoms in total. The van der Waals surface area contributed by atoms with E-state index in [2.05, 4.69) is 32.6 Å². The minimum Gasteiger partial charge on any atom is -0.329 e. The van der Waals surface area contributed by atoms with Gasteiger partial charge in [-0.05, 0) is 56.4 Å². The first-order chi connectivity index (χ1) is 8.92. The van der Waals surface area contributed by atoms with Gasteiger partial charge in [0.05, 0.1) is 0 Å². The highest BCUT2D eigenvalue weighted by atomic mass is 15.2. The maximum Gasteiger partial charge on any atom is 0.0342 e. The maximum atomic E-state index is 6.33. The summed E-state index contributed by atoms with van der Waals surface area (Å²) >= 11 is 0. The van der Waals surface area contributed by atoms with Crippen molar-refractivity contribution in [3.05, 3.63) is 0 Å². The third-order valence-corrected chi connectivity index (χ3v) is 5.52. The predicted octanol–water partition coefficient (Wildman–Crippen LogP) is 3.79. The Morgan fingerprint density at radius 1 is 1.21 bits per heavy atom. The number of nitrogens with zero attached hydrogens (tertiary/aromatic N) is 1. The van der Waals surface area contributed by atoms with E-state index in [1.165, 1.54) is 51.5 Å². The summed E-state index contributed by atoms with van der Waals surface area (Å²) < 4.78 is 0. The van der Waals surface area contributed by atoms with Crippen LogP contribution in [0.15, 0.2) is 0 Å². The zero-order chi connectivity index (χ0) is 14.1. The molecule has 1 aliphatic carbocycles. The summed E-state index contributed by atoms with van der Waals surface area (Å²) in [5, 5.41) is 0. The molecule has 1 saturated heterocycles. The molecular weight excluding hydrogens is 232 g/mol. The molecule has 0 aromatic carbocycles. The molecular formula is C17H34N2. The average Bonchev–Trinajstić information content (AvgIpc) is 2.36. The van der Waals surface area contributed by atoms with E-state index < -0.39 is 0 Å². The van der Waals surface area contributed by atoms with E-state index in [0.717, 1.165) is 18.5 Å². The van der Waals surface area contributed by atoms with Crippen LogP contribution in [0.1, 0.15) is 72.6 Å². The van der Waals surface area contributed by atoms with Crippen LogP contribution in [0, 0.1) is 11.3 Å². The third kappa shape index (κ3) is 3.16. The number of hydrogen-bond donors (Lipinski definition) is 1. The molecule has 112 valence electrons. The van der Waals surface area contributed by atoms with Crippen molar-refractivity contribution in [1.29, 1.82) is 0 Å². The van der Waals surface area contributed by atoms with E-state index in [9.17, 15) is 0 Å². The Morgan fingerprint density at radius 2 is 1.95 bits per heavy atom. The van der Waals surface area contributed by atoms with E-state index in [0.29, 0.717) is 5.41 Å². The Balaban J connectivity index is 2.24. The summed E-state index contributed by atoms with van der Waals surface area (Å²) in [5.74, 6) is 0.812. The first-order valence-electron chi connectivity index (χ1n) is 8.39. The highest BCUT2D eigenvalue weighted by Gasteiger charge is 2.47. The standard InChI is InChI=1S/C17H34N2/c1-5-15-8-6-7-9-19(15)17(13-18)11-14(2)10-16(3,4)12-17/h14-15H,5-13,18H2,1-4H3. The molecule has 1 aliphatic heterocycles. The highest BCUT2D eigenvalue weighted by Crippen LogP contribution is 2.47. The largest absolute Gasteiger partial charge is 0.329 e. The van der Waals surface area contributed by atoms with Crippen molar-refractivity contribution in [2.45, 2.75) is 84.2 Å². The van der Waals surface area contributed by atoms with Gasteiger partial charge in [0.1, 0.15) is 0 Å². The molecule has 0 aromatic heterocycles. The van der Waals surface area contributed by atoms with Crippen molar-refractivity contribution in [2.75, 3.05) is 13.1 Å². The van der Waals surface area contributed by atoms with Gasteiger partial charge in [-0.25, -0.2) is 0 Å². The van der Waals surface area contributed by atoms with Crippen LogP contribution in [0.2, 0.25) is 0 Å². The van der Waals surface area contributed by atoms with Crippen LogP contribution < -0.4 is 5.73 Å². The van der Waals surface area contributed by atoms with Crippen molar-refractivity contribution in [2.24, 2.45) is 17.1 Å². The number of likely N-dealkylation sites (tertiary alicyclic amines) is 1. The molecule has 1 heterocycles. The summed E-state index contributed by atoms with van der Waals surface area (Å²) in [6.07, 6.45) is 9.41. The van der Waals surface area contributed by atoms with Gasteiger partial charge >= 0.3 is 0 Å². The topological polar surface area (TPSA) is 29.3 Å². The summed E-state index contributed by atoms with van der Waals surface area (Å²) in [6, 6.07) is 0.776. The summed E-state index contributed by atoms with van der Waals surface area (Å²) in [7, 11) is 0. The SMILES string of the molecule is CCC1CCCCN1C1(CN)CC(C)CC(C)(C)C1. The fourth-order valence-electron chi connectivity index (χ4n) is 5.24. The van der Waals surface area contributed by atoms with Crippen molar-refractivity contribution in [3.8, 4) is 0 Å². The Hall–Kier alpha value is -0.0800. The zero-order valence-corrected chi connectivity index (χ0v) is 13.5. The lowest BCUT2D eigenvalue weighted by atomic mass is 9.63. The first-order valence-corrected chi connectivity index (χ1v) is 8.39. The average molecular weight is 266 g/mol. The van der Waals surface area contributed by atoms with Crippen LogP contribution in [-0.4, -0.2) is 29.6 Å². The number of rotatable bonds is 3. The van der Waals surface area contributed by atoms with Crippen LogP contribution in [0.25, 0.3) is 0 Å². The molecule has 0 bridgehead atoms. The molecule has 0 radical (unpaired) electrons. The van der Waals surface area contributed by atoms with E-state index in [1.807, 2.05) is 0 Å². The summed E-state index contributed by atoms with van der Waals surface area (Å²) in [6.45, 7) is 11.8. The Labute approximate surface area is 120 Å². The molecule has 0 aromatic rings. The van der Waals surface area contributed by atoms with Crippen LogP contribution in [0.5, 0.6) is 0 Å². The van der Waals surface area contributed by atoms with Crippen LogP contribution in [0.3, 0.4) is 0 Å². The van der Waals surface area contributed by atoms with Gasteiger partial charge in [-0.3, -0.25) is 4.90 Å². The third-order valence-electron chi connectivity index (χ3n) is 5.52. The van der Waals surface area contributed by atoms with Crippen LogP contribution in [0.4, 0.5) is 0 Å². The Bertz CT molecular complexity index is 300. The zero-order valence-electron chi connectivity index (χ0n) is 13.5. The molecule has 2 heteroatoms. The summed E-state index contributed by atoms with van der Waals surface area (Å²) in [5.41, 5.74) is 7.06. The van der Waals surface area contributed by atoms with E-state index in [1.54, 1.807) is 0 Å². The molecule has 0 spiro atoms. The Morgan fingerprint density at radius 3 is 2.53 bits per heavy atom. The van der Waals surface area contributed by atoms with E-state index >= 15 is 0 Å². The quantitative estimate of drug-likeness (QED) is 0.842. The second kappa shape index (κ2) is 5.73. The van der Waals surface area contributed by atoms with Gasteiger partial charge in [-0.2, -0.15) is 0 Å². The molecule has 2 aliphatic rings. The molecule has 0 amide bonds. The molecule has 1 saturated carbocycles. The minimum absolute atomic E-state index is 0.280. The molecule has 2 rings (SSSR count). The Kier molecular flexibility index (Phi) is 4.62.